The molecular weight excluding hydrogens is 226 g/mol. The van der Waals surface area contributed by atoms with Gasteiger partial charge in [0.2, 0.25) is 5.91 Å². The Balaban J connectivity index is 2.59. The number of aliphatic hydroxyl groups is 1. The summed E-state index contributed by atoms with van der Waals surface area (Å²) < 4.78 is 0. The average molecular weight is 249 g/mol. The summed E-state index contributed by atoms with van der Waals surface area (Å²) in [5, 5.41) is 12.1. The lowest BCUT2D eigenvalue weighted by atomic mass is 10.00. The van der Waals surface area contributed by atoms with Crippen molar-refractivity contribution in [3.05, 3.63) is 34.9 Å². The third-order valence-corrected chi connectivity index (χ3v) is 3.06. The molecule has 0 aromatic heterocycles. The molecule has 2 N–H and O–H groups in total. The second-order valence-electron chi connectivity index (χ2n) is 5.04. The smallest absolute Gasteiger partial charge is 0.220 e. The summed E-state index contributed by atoms with van der Waals surface area (Å²) in [4.78, 5) is 11.7. The third kappa shape index (κ3) is 4.49. The number of rotatable bonds is 5. The highest BCUT2D eigenvalue weighted by Gasteiger charge is 2.12. The predicted octanol–water partition coefficient (Wildman–Crippen LogP) is 2.64. The van der Waals surface area contributed by atoms with Crippen molar-refractivity contribution in [1.82, 2.24) is 5.32 Å². The first-order chi connectivity index (χ1) is 8.40. The van der Waals surface area contributed by atoms with Gasteiger partial charge in [0, 0.05) is 6.42 Å². The molecular formula is C15H23NO2. The SMILES string of the molecule is Cc1ccc(C(C)NC(=O)CCC(C)O)c(C)c1. The normalized spacial score (nSPS) is 14.1. The van der Waals surface area contributed by atoms with E-state index in [1.54, 1.807) is 6.92 Å². The fraction of sp³-hybridized carbons (Fsp3) is 0.533. The Morgan fingerprint density at radius 1 is 1.33 bits per heavy atom. The maximum absolute atomic E-state index is 11.7. The molecule has 2 unspecified atom stereocenters. The van der Waals surface area contributed by atoms with Gasteiger partial charge in [-0.2, -0.15) is 0 Å². The predicted molar refractivity (Wildman–Crippen MR) is 73.4 cm³/mol. The maximum atomic E-state index is 11.7. The summed E-state index contributed by atoms with van der Waals surface area (Å²) in [5.74, 6) is -0.0108. The van der Waals surface area contributed by atoms with Crippen LogP contribution in [0.15, 0.2) is 18.2 Å². The summed E-state index contributed by atoms with van der Waals surface area (Å²) in [7, 11) is 0. The molecule has 0 aliphatic rings. The zero-order valence-electron chi connectivity index (χ0n) is 11.7. The van der Waals surface area contributed by atoms with Gasteiger partial charge in [-0.3, -0.25) is 4.79 Å². The number of aliphatic hydroxyl groups excluding tert-OH is 1. The van der Waals surface area contributed by atoms with Crippen LogP contribution < -0.4 is 5.32 Å². The van der Waals surface area contributed by atoms with Crippen LogP contribution in [0.25, 0.3) is 0 Å². The fourth-order valence-corrected chi connectivity index (χ4v) is 2.04. The van der Waals surface area contributed by atoms with E-state index < -0.39 is 6.10 Å². The number of hydrogen-bond acceptors (Lipinski definition) is 2. The van der Waals surface area contributed by atoms with Gasteiger partial charge in [0.1, 0.15) is 0 Å². The molecule has 0 saturated heterocycles. The molecule has 3 heteroatoms. The summed E-state index contributed by atoms with van der Waals surface area (Å²) in [6.07, 6.45) is 0.449. The highest BCUT2D eigenvalue weighted by atomic mass is 16.3. The van der Waals surface area contributed by atoms with Gasteiger partial charge in [0.25, 0.3) is 0 Å². The molecule has 1 rings (SSSR count). The lowest BCUT2D eigenvalue weighted by Gasteiger charge is -2.17. The zero-order valence-corrected chi connectivity index (χ0v) is 11.7. The Labute approximate surface area is 109 Å². The van der Waals surface area contributed by atoms with E-state index in [1.807, 2.05) is 6.92 Å². The van der Waals surface area contributed by atoms with Crippen LogP contribution in [0.4, 0.5) is 0 Å². The number of benzene rings is 1. The van der Waals surface area contributed by atoms with Gasteiger partial charge in [0.15, 0.2) is 0 Å². The van der Waals surface area contributed by atoms with E-state index in [0.29, 0.717) is 12.8 Å². The van der Waals surface area contributed by atoms with Gasteiger partial charge in [-0.25, -0.2) is 0 Å². The lowest BCUT2D eigenvalue weighted by Crippen LogP contribution is -2.27. The first-order valence-corrected chi connectivity index (χ1v) is 6.44. The van der Waals surface area contributed by atoms with Crippen LogP contribution in [0.5, 0.6) is 0 Å². The van der Waals surface area contributed by atoms with Gasteiger partial charge in [-0.15, -0.1) is 0 Å². The summed E-state index contributed by atoms with van der Waals surface area (Å²) in [6.45, 7) is 7.79. The largest absolute Gasteiger partial charge is 0.393 e. The Hall–Kier alpha value is -1.35. The van der Waals surface area contributed by atoms with Crippen LogP contribution in [0.3, 0.4) is 0 Å². The van der Waals surface area contributed by atoms with Crippen LogP contribution in [0.1, 0.15) is 49.4 Å². The van der Waals surface area contributed by atoms with E-state index in [4.69, 9.17) is 5.11 Å². The first-order valence-electron chi connectivity index (χ1n) is 6.44. The second kappa shape index (κ2) is 6.55. The Kier molecular flexibility index (Phi) is 5.35. The van der Waals surface area contributed by atoms with E-state index in [2.05, 4.69) is 37.4 Å². The second-order valence-corrected chi connectivity index (χ2v) is 5.04. The number of aryl methyl sites for hydroxylation is 2. The molecule has 100 valence electrons. The first kappa shape index (κ1) is 14.7. The minimum absolute atomic E-state index is 0.00657. The Bertz CT molecular complexity index is 413. The molecule has 0 fully saturated rings. The molecule has 0 heterocycles. The molecule has 0 aliphatic carbocycles. The van der Waals surface area contributed by atoms with Gasteiger partial charge in [-0.05, 0) is 45.2 Å². The molecule has 18 heavy (non-hydrogen) atoms. The van der Waals surface area contributed by atoms with E-state index in [-0.39, 0.29) is 11.9 Å². The highest BCUT2D eigenvalue weighted by molar-refractivity contribution is 5.76. The van der Waals surface area contributed by atoms with Crippen molar-refractivity contribution in [2.24, 2.45) is 0 Å². The minimum Gasteiger partial charge on any atom is -0.393 e. The molecule has 0 radical (unpaired) electrons. The number of amides is 1. The van der Waals surface area contributed by atoms with Crippen LogP contribution in [-0.2, 0) is 4.79 Å². The summed E-state index contributed by atoms with van der Waals surface area (Å²) in [5.41, 5.74) is 3.56. The van der Waals surface area contributed by atoms with Crippen LogP contribution in [-0.4, -0.2) is 17.1 Å². The molecule has 3 nitrogen and oxygen atoms in total. The number of hydrogen-bond donors (Lipinski definition) is 2. The van der Waals surface area contributed by atoms with Crippen LogP contribution in [0, 0.1) is 13.8 Å². The molecule has 0 spiro atoms. The van der Waals surface area contributed by atoms with Gasteiger partial charge in [0.05, 0.1) is 12.1 Å². The Morgan fingerprint density at radius 2 is 2.00 bits per heavy atom. The molecule has 0 bridgehead atoms. The zero-order chi connectivity index (χ0) is 13.7. The van der Waals surface area contributed by atoms with Crippen molar-refractivity contribution in [3.8, 4) is 0 Å². The molecule has 1 amide bonds. The van der Waals surface area contributed by atoms with Crippen molar-refractivity contribution in [3.63, 3.8) is 0 Å². The average Bonchev–Trinajstić information content (AvgIpc) is 2.26. The van der Waals surface area contributed by atoms with E-state index in [9.17, 15) is 4.79 Å². The van der Waals surface area contributed by atoms with Crippen molar-refractivity contribution in [2.45, 2.75) is 52.7 Å². The highest BCUT2D eigenvalue weighted by Crippen LogP contribution is 2.18. The van der Waals surface area contributed by atoms with Gasteiger partial charge in [-0.1, -0.05) is 23.8 Å². The van der Waals surface area contributed by atoms with Crippen molar-refractivity contribution < 1.29 is 9.90 Å². The fourth-order valence-electron chi connectivity index (χ4n) is 2.04. The molecule has 2 atom stereocenters. The minimum atomic E-state index is -0.424. The van der Waals surface area contributed by atoms with Gasteiger partial charge < -0.3 is 10.4 Å². The van der Waals surface area contributed by atoms with Crippen molar-refractivity contribution in [1.29, 1.82) is 0 Å². The molecule has 1 aromatic rings. The quantitative estimate of drug-likeness (QED) is 0.843. The Morgan fingerprint density at radius 3 is 2.56 bits per heavy atom. The topological polar surface area (TPSA) is 49.3 Å². The standard InChI is InChI=1S/C15H23NO2/c1-10-5-7-14(11(2)9-10)13(4)16-15(18)8-6-12(3)17/h5,7,9,12-13,17H,6,8H2,1-4H3,(H,16,18). The van der Waals surface area contributed by atoms with Crippen LogP contribution in [0.2, 0.25) is 0 Å². The maximum Gasteiger partial charge on any atom is 0.220 e. The van der Waals surface area contributed by atoms with Crippen LogP contribution >= 0.6 is 0 Å². The summed E-state index contributed by atoms with van der Waals surface area (Å²) >= 11 is 0. The lowest BCUT2D eigenvalue weighted by molar-refractivity contribution is -0.122. The number of carbonyl (C=O) groups excluding carboxylic acids is 1. The van der Waals surface area contributed by atoms with E-state index in [1.165, 1.54) is 11.1 Å². The third-order valence-electron chi connectivity index (χ3n) is 3.06. The van der Waals surface area contributed by atoms with Crippen molar-refractivity contribution >= 4 is 5.91 Å². The molecule has 1 aromatic carbocycles. The molecule has 0 saturated carbocycles. The number of carbonyl (C=O) groups is 1. The monoisotopic (exact) mass is 249 g/mol. The number of nitrogens with one attached hydrogen (secondary N) is 1. The van der Waals surface area contributed by atoms with Crippen molar-refractivity contribution in [2.75, 3.05) is 0 Å². The summed E-state index contributed by atoms with van der Waals surface area (Å²) in [6, 6.07) is 6.24. The molecule has 0 aliphatic heterocycles. The van der Waals surface area contributed by atoms with E-state index >= 15 is 0 Å². The van der Waals surface area contributed by atoms with Gasteiger partial charge >= 0.3 is 0 Å². The van der Waals surface area contributed by atoms with E-state index in [0.717, 1.165) is 5.56 Å².